The molecule has 0 bridgehead atoms. The van der Waals surface area contributed by atoms with Crippen molar-refractivity contribution in [1.29, 1.82) is 0 Å². The quantitative estimate of drug-likeness (QED) is 0.765. The van der Waals surface area contributed by atoms with Crippen LogP contribution in [-0.2, 0) is 14.3 Å². The van der Waals surface area contributed by atoms with E-state index in [9.17, 15) is 19.5 Å². The summed E-state index contributed by atoms with van der Waals surface area (Å²) >= 11 is 0. The number of nitrogens with one attached hydrogen (secondary N) is 1. The number of likely N-dealkylation sites (tertiary alicyclic amines) is 1. The van der Waals surface area contributed by atoms with Gasteiger partial charge in [0.1, 0.15) is 12.1 Å². The second kappa shape index (κ2) is 6.21. The summed E-state index contributed by atoms with van der Waals surface area (Å²) in [6.07, 6.45) is -1.15. The maximum absolute atomic E-state index is 12.0. The van der Waals surface area contributed by atoms with Gasteiger partial charge in [0, 0.05) is 13.0 Å². The summed E-state index contributed by atoms with van der Waals surface area (Å²) < 4.78 is 5.01. The molecule has 0 aromatic rings. The summed E-state index contributed by atoms with van der Waals surface area (Å²) in [5.74, 6) is -0.584. The number of carbonyl (C=O) groups excluding carboxylic acids is 3. The summed E-state index contributed by atoms with van der Waals surface area (Å²) in [5.41, 5.74) is -0.640. The topological polar surface area (TPSA) is 95.9 Å². The number of alkyl carbamates (subject to hydrolysis) is 1. The van der Waals surface area contributed by atoms with E-state index in [1.54, 1.807) is 20.8 Å². The molecular weight excluding hydrogens is 264 g/mol. The molecular formula is C13H22N2O5. The van der Waals surface area contributed by atoms with Gasteiger partial charge < -0.3 is 20.1 Å². The minimum absolute atomic E-state index is 0.110. The fraction of sp³-hybridized carbons (Fsp3) is 0.769. The number of Topliss-reactive ketones (excluding diaryl/α,β-unsaturated/α-hetero) is 1. The highest BCUT2D eigenvalue weighted by Crippen LogP contribution is 2.18. The molecule has 20 heavy (non-hydrogen) atoms. The van der Waals surface area contributed by atoms with Crippen molar-refractivity contribution in [2.75, 3.05) is 13.1 Å². The first-order valence-electron chi connectivity index (χ1n) is 6.55. The van der Waals surface area contributed by atoms with E-state index in [-0.39, 0.29) is 25.3 Å². The van der Waals surface area contributed by atoms with Crippen LogP contribution in [-0.4, -0.2) is 58.6 Å². The molecule has 1 aliphatic rings. The van der Waals surface area contributed by atoms with E-state index < -0.39 is 29.7 Å². The van der Waals surface area contributed by atoms with Crippen LogP contribution < -0.4 is 5.32 Å². The molecule has 1 aliphatic heterocycles. The van der Waals surface area contributed by atoms with Crippen LogP contribution in [0.25, 0.3) is 0 Å². The largest absolute Gasteiger partial charge is 0.444 e. The molecule has 1 rings (SSSR count). The van der Waals surface area contributed by atoms with Crippen molar-refractivity contribution in [2.24, 2.45) is 0 Å². The third kappa shape index (κ3) is 4.80. The summed E-state index contributed by atoms with van der Waals surface area (Å²) in [4.78, 5) is 36.1. The Labute approximate surface area is 118 Å². The molecule has 114 valence electrons. The zero-order valence-electron chi connectivity index (χ0n) is 12.3. The van der Waals surface area contributed by atoms with Gasteiger partial charge in [-0.15, -0.1) is 0 Å². The number of β-amino-alcohol motifs (C(OH)–C–C–N with tert-alkyl or cyclic N) is 1. The van der Waals surface area contributed by atoms with E-state index in [4.69, 9.17) is 4.74 Å². The van der Waals surface area contributed by atoms with Crippen molar-refractivity contribution in [3.8, 4) is 0 Å². The minimum atomic E-state index is -0.700. The van der Waals surface area contributed by atoms with E-state index in [2.05, 4.69) is 5.32 Å². The Hall–Kier alpha value is -1.63. The zero-order chi connectivity index (χ0) is 15.5. The molecule has 0 saturated carbocycles. The Kier molecular flexibility index (Phi) is 5.10. The minimum Gasteiger partial charge on any atom is -0.444 e. The zero-order valence-corrected chi connectivity index (χ0v) is 12.3. The third-order valence-corrected chi connectivity index (χ3v) is 2.85. The number of hydrogen-bond acceptors (Lipinski definition) is 5. The number of nitrogens with zero attached hydrogens (tertiary/aromatic N) is 1. The fourth-order valence-corrected chi connectivity index (χ4v) is 2.04. The maximum Gasteiger partial charge on any atom is 0.408 e. The number of rotatable bonds is 3. The van der Waals surface area contributed by atoms with Crippen LogP contribution in [0.4, 0.5) is 4.79 Å². The molecule has 0 radical (unpaired) electrons. The molecule has 0 aromatic carbocycles. The molecule has 7 heteroatoms. The number of hydrogen-bond donors (Lipinski definition) is 2. The monoisotopic (exact) mass is 286 g/mol. The highest BCUT2D eigenvalue weighted by molar-refractivity contribution is 5.90. The van der Waals surface area contributed by atoms with Crippen molar-refractivity contribution >= 4 is 17.8 Å². The number of ketones is 1. The second-order valence-corrected chi connectivity index (χ2v) is 5.92. The Morgan fingerprint density at radius 1 is 1.35 bits per heavy atom. The van der Waals surface area contributed by atoms with E-state index >= 15 is 0 Å². The van der Waals surface area contributed by atoms with Crippen LogP contribution >= 0.6 is 0 Å². The first kappa shape index (κ1) is 16.4. The van der Waals surface area contributed by atoms with E-state index in [1.165, 1.54) is 11.8 Å². The highest BCUT2D eigenvalue weighted by atomic mass is 16.6. The third-order valence-electron chi connectivity index (χ3n) is 2.85. The Bertz CT molecular complexity index is 402. The van der Waals surface area contributed by atoms with Crippen molar-refractivity contribution in [3.05, 3.63) is 0 Å². The Balaban J connectivity index is 2.50. The standard InChI is InChI=1S/C13H22N2O5/c1-8(16)10-5-9(17)7-15(10)11(18)6-14-12(19)20-13(2,3)4/h9-10,17H,5-7H2,1-4H3,(H,14,19)/t9-,10-/m0/s1. The average Bonchev–Trinajstić information content (AvgIpc) is 2.66. The smallest absolute Gasteiger partial charge is 0.408 e. The maximum atomic E-state index is 12.0. The molecule has 2 N–H and O–H groups in total. The lowest BCUT2D eigenvalue weighted by Gasteiger charge is -2.23. The Morgan fingerprint density at radius 3 is 2.45 bits per heavy atom. The van der Waals surface area contributed by atoms with Gasteiger partial charge >= 0.3 is 6.09 Å². The van der Waals surface area contributed by atoms with Gasteiger partial charge in [0.25, 0.3) is 0 Å². The summed E-state index contributed by atoms with van der Waals surface area (Å²) in [5, 5.41) is 11.9. The molecule has 7 nitrogen and oxygen atoms in total. The Morgan fingerprint density at radius 2 is 1.95 bits per heavy atom. The van der Waals surface area contributed by atoms with Crippen molar-refractivity contribution in [1.82, 2.24) is 10.2 Å². The van der Waals surface area contributed by atoms with Gasteiger partial charge in [0.2, 0.25) is 5.91 Å². The van der Waals surface area contributed by atoms with Crippen LogP contribution in [0.1, 0.15) is 34.1 Å². The van der Waals surface area contributed by atoms with Gasteiger partial charge in [0.05, 0.1) is 12.1 Å². The van der Waals surface area contributed by atoms with Crippen LogP contribution in [0.2, 0.25) is 0 Å². The van der Waals surface area contributed by atoms with Gasteiger partial charge in [-0.3, -0.25) is 9.59 Å². The van der Waals surface area contributed by atoms with E-state index in [0.717, 1.165) is 0 Å². The number of amides is 2. The molecule has 1 saturated heterocycles. The molecule has 2 amide bonds. The molecule has 0 aromatic heterocycles. The number of aliphatic hydroxyl groups is 1. The van der Waals surface area contributed by atoms with Gasteiger partial charge in [-0.25, -0.2) is 4.79 Å². The first-order chi connectivity index (χ1) is 9.10. The molecule has 0 aliphatic carbocycles. The molecule has 0 spiro atoms. The molecule has 0 unspecified atom stereocenters. The lowest BCUT2D eigenvalue weighted by molar-refractivity contribution is -0.136. The summed E-state index contributed by atoms with van der Waals surface area (Å²) in [6.45, 7) is 6.39. The van der Waals surface area contributed by atoms with Crippen molar-refractivity contribution in [2.45, 2.75) is 51.9 Å². The second-order valence-electron chi connectivity index (χ2n) is 5.92. The van der Waals surface area contributed by atoms with E-state index in [0.29, 0.717) is 0 Å². The molecule has 1 fully saturated rings. The van der Waals surface area contributed by atoms with Gasteiger partial charge in [-0.1, -0.05) is 0 Å². The van der Waals surface area contributed by atoms with Gasteiger partial charge in [0.15, 0.2) is 5.78 Å². The highest BCUT2D eigenvalue weighted by Gasteiger charge is 2.36. The number of ether oxygens (including phenoxy) is 1. The van der Waals surface area contributed by atoms with Crippen molar-refractivity contribution in [3.63, 3.8) is 0 Å². The fourth-order valence-electron chi connectivity index (χ4n) is 2.04. The van der Waals surface area contributed by atoms with Crippen LogP contribution in [0.3, 0.4) is 0 Å². The predicted molar refractivity (Wildman–Crippen MR) is 71.0 cm³/mol. The van der Waals surface area contributed by atoms with Crippen molar-refractivity contribution < 1.29 is 24.2 Å². The van der Waals surface area contributed by atoms with Gasteiger partial charge in [-0.05, 0) is 27.7 Å². The number of carbonyl (C=O) groups is 3. The molecule has 2 atom stereocenters. The van der Waals surface area contributed by atoms with E-state index in [1.807, 2.05) is 0 Å². The number of aliphatic hydroxyl groups excluding tert-OH is 1. The van der Waals surface area contributed by atoms with Gasteiger partial charge in [-0.2, -0.15) is 0 Å². The summed E-state index contributed by atoms with van der Waals surface area (Å²) in [6, 6.07) is -0.613. The lowest BCUT2D eigenvalue weighted by atomic mass is 10.1. The normalized spacial score (nSPS) is 22.6. The lowest BCUT2D eigenvalue weighted by Crippen LogP contribution is -2.46. The summed E-state index contributed by atoms with van der Waals surface area (Å²) in [7, 11) is 0. The van der Waals surface area contributed by atoms with Crippen LogP contribution in [0.5, 0.6) is 0 Å². The molecule has 1 heterocycles. The SMILES string of the molecule is CC(=O)[C@@H]1C[C@H](O)CN1C(=O)CNC(=O)OC(C)(C)C. The van der Waals surface area contributed by atoms with Crippen LogP contribution in [0, 0.1) is 0 Å². The average molecular weight is 286 g/mol. The van der Waals surface area contributed by atoms with Crippen LogP contribution in [0.15, 0.2) is 0 Å². The first-order valence-corrected chi connectivity index (χ1v) is 6.55. The predicted octanol–water partition coefficient (Wildman–Crippen LogP) is 0.0619.